The monoisotopic (exact) mass is 450 g/mol. The number of rotatable bonds is 7. The number of primary amides is 1. The number of halogens is 2. The van der Waals surface area contributed by atoms with E-state index < -0.39 is 22.9 Å². The third-order valence-electron chi connectivity index (χ3n) is 4.07. The van der Waals surface area contributed by atoms with Crippen molar-refractivity contribution in [3.8, 4) is 11.5 Å². The average Bonchev–Trinajstić information content (AvgIpc) is 2.95. The molecule has 156 valence electrons. The Morgan fingerprint density at radius 2 is 2.03 bits per heavy atom. The molecule has 0 saturated carbocycles. The van der Waals surface area contributed by atoms with E-state index in [1.807, 2.05) is 0 Å². The van der Waals surface area contributed by atoms with E-state index in [0.717, 1.165) is 16.7 Å². The quantitative estimate of drug-likeness (QED) is 0.647. The molecule has 0 bridgehead atoms. The third-order valence-corrected chi connectivity index (χ3v) is 5.26. The lowest BCUT2D eigenvalue weighted by molar-refractivity contribution is -0.123. The summed E-state index contributed by atoms with van der Waals surface area (Å²) in [5, 5.41) is -0.374. The summed E-state index contributed by atoms with van der Waals surface area (Å²) < 4.78 is 24.4. The van der Waals surface area contributed by atoms with Crippen LogP contribution in [0, 0.1) is 5.82 Å². The summed E-state index contributed by atoms with van der Waals surface area (Å²) in [4.78, 5) is 37.0. The average molecular weight is 451 g/mol. The number of ether oxygens (including phenoxy) is 2. The number of hydrogen-bond donors (Lipinski definition) is 1. The zero-order valence-electron chi connectivity index (χ0n) is 15.7. The molecule has 1 fully saturated rings. The second-order valence-electron chi connectivity index (χ2n) is 6.15. The molecule has 1 heterocycles. The number of hydrogen-bond acceptors (Lipinski definition) is 6. The second kappa shape index (κ2) is 9.19. The first-order valence-electron chi connectivity index (χ1n) is 8.57. The predicted octanol–water partition coefficient (Wildman–Crippen LogP) is 3.59. The van der Waals surface area contributed by atoms with E-state index in [1.165, 1.54) is 43.5 Å². The predicted molar refractivity (Wildman–Crippen MR) is 111 cm³/mol. The van der Waals surface area contributed by atoms with E-state index in [4.69, 9.17) is 26.8 Å². The summed E-state index contributed by atoms with van der Waals surface area (Å²) >= 11 is 6.94. The first-order chi connectivity index (χ1) is 14.3. The smallest absolute Gasteiger partial charge is 0.293 e. The highest BCUT2D eigenvalue weighted by molar-refractivity contribution is 8.18. The van der Waals surface area contributed by atoms with Crippen LogP contribution in [0.5, 0.6) is 11.5 Å². The molecule has 2 N–H and O–H groups in total. The van der Waals surface area contributed by atoms with Crippen LogP contribution < -0.4 is 15.2 Å². The van der Waals surface area contributed by atoms with Crippen molar-refractivity contribution in [3.63, 3.8) is 0 Å². The molecule has 0 aromatic heterocycles. The molecule has 1 saturated heterocycles. The second-order valence-corrected chi connectivity index (χ2v) is 7.55. The fraction of sp³-hybridized carbons (Fsp3) is 0.150. The minimum atomic E-state index is -0.680. The Morgan fingerprint density at radius 1 is 1.30 bits per heavy atom. The van der Waals surface area contributed by atoms with Gasteiger partial charge in [0.1, 0.15) is 5.82 Å². The van der Waals surface area contributed by atoms with Crippen molar-refractivity contribution in [1.29, 1.82) is 0 Å². The summed E-state index contributed by atoms with van der Waals surface area (Å²) in [5.41, 5.74) is 5.78. The van der Waals surface area contributed by atoms with Crippen LogP contribution >= 0.6 is 23.4 Å². The van der Waals surface area contributed by atoms with Gasteiger partial charge in [0, 0.05) is 5.56 Å². The van der Waals surface area contributed by atoms with Crippen molar-refractivity contribution in [3.05, 3.63) is 63.3 Å². The number of nitrogens with two attached hydrogens (primary N) is 1. The van der Waals surface area contributed by atoms with Gasteiger partial charge < -0.3 is 15.2 Å². The van der Waals surface area contributed by atoms with Crippen LogP contribution in [0.1, 0.15) is 11.1 Å². The van der Waals surface area contributed by atoms with Gasteiger partial charge in [0.05, 0.1) is 23.6 Å². The van der Waals surface area contributed by atoms with Crippen LogP contribution in [0.4, 0.5) is 9.18 Å². The van der Waals surface area contributed by atoms with Crippen molar-refractivity contribution in [2.24, 2.45) is 5.73 Å². The van der Waals surface area contributed by atoms with E-state index in [2.05, 4.69) is 0 Å². The number of nitrogens with zero attached hydrogens (tertiary/aromatic N) is 1. The van der Waals surface area contributed by atoms with Crippen molar-refractivity contribution in [2.45, 2.75) is 6.54 Å². The Labute approximate surface area is 180 Å². The summed E-state index contributed by atoms with van der Waals surface area (Å²) in [7, 11) is 1.38. The number of imide groups is 1. The number of amides is 3. The van der Waals surface area contributed by atoms with Gasteiger partial charge in [0.2, 0.25) is 0 Å². The third kappa shape index (κ3) is 4.74. The van der Waals surface area contributed by atoms with Gasteiger partial charge >= 0.3 is 0 Å². The van der Waals surface area contributed by atoms with E-state index >= 15 is 0 Å². The van der Waals surface area contributed by atoms with Crippen LogP contribution in [0.25, 0.3) is 6.08 Å². The first kappa shape index (κ1) is 21.7. The minimum absolute atomic E-state index is 0.128. The molecule has 3 amide bonds. The lowest BCUT2D eigenvalue weighted by atomic mass is 10.1. The molecular formula is C20H16ClFN2O5S. The Morgan fingerprint density at radius 3 is 2.70 bits per heavy atom. The maximum atomic E-state index is 13.9. The minimum Gasteiger partial charge on any atom is -0.493 e. The van der Waals surface area contributed by atoms with Gasteiger partial charge in [-0.2, -0.15) is 0 Å². The van der Waals surface area contributed by atoms with Crippen molar-refractivity contribution < 1.29 is 28.2 Å². The lowest BCUT2D eigenvalue weighted by Crippen LogP contribution is -2.27. The highest BCUT2D eigenvalue weighted by Gasteiger charge is 2.35. The topological polar surface area (TPSA) is 98.9 Å². The van der Waals surface area contributed by atoms with Gasteiger partial charge in [-0.1, -0.05) is 29.8 Å². The molecule has 1 aliphatic heterocycles. The Bertz CT molecular complexity index is 1060. The van der Waals surface area contributed by atoms with E-state index in [9.17, 15) is 18.8 Å². The van der Waals surface area contributed by atoms with Crippen LogP contribution in [0.15, 0.2) is 41.3 Å². The zero-order valence-corrected chi connectivity index (χ0v) is 17.3. The van der Waals surface area contributed by atoms with Gasteiger partial charge in [0.15, 0.2) is 18.1 Å². The van der Waals surface area contributed by atoms with E-state index in [1.54, 1.807) is 6.07 Å². The van der Waals surface area contributed by atoms with Gasteiger partial charge in [-0.15, -0.1) is 0 Å². The molecule has 0 unspecified atom stereocenters. The maximum absolute atomic E-state index is 13.9. The van der Waals surface area contributed by atoms with Gasteiger partial charge in [-0.05, 0) is 41.6 Å². The number of carbonyl (C=O) groups excluding carboxylic acids is 3. The molecule has 7 nitrogen and oxygen atoms in total. The molecule has 30 heavy (non-hydrogen) atoms. The van der Waals surface area contributed by atoms with Crippen molar-refractivity contribution in [2.75, 3.05) is 13.7 Å². The number of carbonyl (C=O) groups is 3. The maximum Gasteiger partial charge on any atom is 0.293 e. The Balaban J connectivity index is 1.85. The standard InChI is InChI=1S/C20H16ClFN2O5S/c1-28-15-7-11(6-13(21)18(15)29-10-17(23)25)8-16-19(26)24(20(27)30-16)9-12-4-2-3-5-14(12)22/h2-8H,9-10H2,1H3,(H2,23,25)/b16-8-. The SMILES string of the molecule is COc1cc(/C=C2\SC(=O)N(Cc3ccccc3F)C2=O)cc(Cl)c1OCC(N)=O. The molecule has 0 atom stereocenters. The number of benzene rings is 2. The van der Waals surface area contributed by atoms with Gasteiger partial charge in [-0.25, -0.2) is 4.39 Å². The van der Waals surface area contributed by atoms with E-state index in [-0.39, 0.29) is 40.1 Å². The highest BCUT2D eigenvalue weighted by Crippen LogP contribution is 2.39. The summed E-state index contributed by atoms with van der Waals surface area (Å²) in [6, 6.07) is 8.96. The first-order valence-corrected chi connectivity index (χ1v) is 9.77. The largest absolute Gasteiger partial charge is 0.493 e. The highest BCUT2D eigenvalue weighted by atomic mass is 35.5. The van der Waals surface area contributed by atoms with E-state index in [0.29, 0.717) is 5.56 Å². The zero-order chi connectivity index (χ0) is 21.8. The number of methoxy groups -OCH3 is 1. The number of thioether (sulfide) groups is 1. The van der Waals surface area contributed by atoms with Gasteiger partial charge in [0.25, 0.3) is 17.1 Å². The summed E-state index contributed by atoms with van der Waals surface area (Å²) in [6.45, 7) is -0.553. The van der Waals surface area contributed by atoms with Crippen molar-refractivity contribution in [1.82, 2.24) is 4.90 Å². The van der Waals surface area contributed by atoms with Crippen molar-refractivity contribution >= 4 is 46.5 Å². The fourth-order valence-electron chi connectivity index (χ4n) is 2.69. The molecule has 1 aliphatic rings. The van der Waals surface area contributed by atoms with Crippen LogP contribution in [0.3, 0.4) is 0 Å². The molecule has 10 heteroatoms. The molecule has 2 aromatic carbocycles. The molecule has 0 spiro atoms. The lowest BCUT2D eigenvalue weighted by Gasteiger charge is -2.13. The van der Waals surface area contributed by atoms with Crippen LogP contribution in [-0.4, -0.2) is 35.7 Å². The normalized spacial score (nSPS) is 15.0. The Hall–Kier alpha value is -3.04. The summed E-state index contributed by atoms with van der Waals surface area (Å²) in [5.74, 6) is -1.37. The molecule has 3 rings (SSSR count). The molecule has 2 aromatic rings. The molecule has 0 radical (unpaired) electrons. The summed E-state index contributed by atoms with van der Waals surface area (Å²) in [6.07, 6.45) is 1.47. The fourth-order valence-corrected chi connectivity index (χ4v) is 3.80. The Kier molecular flexibility index (Phi) is 6.63. The molecule has 0 aliphatic carbocycles. The molecular weight excluding hydrogens is 435 g/mol. The van der Waals surface area contributed by atoms with Crippen LogP contribution in [-0.2, 0) is 16.1 Å². The van der Waals surface area contributed by atoms with Crippen LogP contribution in [0.2, 0.25) is 5.02 Å². The van der Waals surface area contributed by atoms with Gasteiger partial charge in [-0.3, -0.25) is 19.3 Å².